The lowest BCUT2D eigenvalue weighted by Crippen LogP contribution is -2.33. The Balaban J connectivity index is 1.71. The van der Waals surface area contributed by atoms with Crippen molar-refractivity contribution in [3.05, 3.63) is 29.8 Å². The molecule has 0 radical (unpaired) electrons. The molecule has 0 aromatic heterocycles. The van der Waals surface area contributed by atoms with Crippen molar-refractivity contribution in [3.8, 4) is 5.75 Å². The maximum absolute atomic E-state index is 5.87. The first-order valence-corrected chi connectivity index (χ1v) is 9.23. The predicted molar refractivity (Wildman–Crippen MR) is 94.3 cm³/mol. The Kier molecular flexibility index (Phi) is 7.79. The van der Waals surface area contributed by atoms with Gasteiger partial charge in [0.25, 0.3) is 0 Å². The highest BCUT2D eigenvalue weighted by molar-refractivity contribution is 5.28. The number of hydrogen-bond acceptors (Lipinski definition) is 2. The lowest BCUT2D eigenvalue weighted by molar-refractivity contribution is 0.298. The summed E-state index contributed by atoms with van der Waals surface area (Å²) in [5.74, 6) is 1.90. The van der Waals surface area contributed by atoms with Crippen LogP contribution in [0.25, 0.3) is 0 Å². The Morgan fingerprint density at radius 1 is 1.18 bits per heavy atom. The van der Waals surface area contributed by atoms with E-state index in [0.717, 1.165) is 31.2 Å². The lowest BCUT2D eigenvalue weighted by atomic mass is 9.87. The summed E-state index contributed by atoms with van der Waals surface area (Å²) in [4.78, 5) is 0. The molecule has 2 heteroatoms. The zero-order chi connectivity index (χ0) is 15.6. The maximum Gasteiger partial charge on any atom is 0.119 e. The smallest absolute Gasteiger partial charge is 0.119 e. The molecule has 2 atom stereocenters. The fraction of sp³-hybridized carbons (Fsp3) is 0.700. The highest BCUT2D eigenvalue weighted by Crippen LogP contribution is 2.24. The Bertz CT molecular complexity index is 418. The van der Waals surface area contributed by atoms with E-state index >= 15 is 0 Å². The van der Waals surface area contributed by atoms with Crippen LogP contribution in [0.4, 0.5) is 0 Å². The molecule has 0 amide bonds. The van der Waals surface area contributed by atoms with Crippen molar-refractivity contribution in [2.45, 2.75) is 77.8 Å². The first kappa shape index (κ1) is 17.3. The van der Waals surface area contributed by atoms with Crippen LogP contribution in [-0.4, -0.2) is 12.6 Å². The van der Waals surface area contributed by atoms with E-state index < -0.39 is 0 Å². The number of ether oxygens (including phenoxy) is 1. The first-order chi connectivity index (χ1) is 10.8. The van der Waals surface area contributed by atoms with E-state index in [-0.39, 0.29) is 0 Å². The van der Waals surface area contributed by atoms with Crippen LogP contribution in [0.1, 0.15) is 70.8 Å². The van der Waals surface area contributed by atoms with Gasteiger partial charge in [-0.2, -0.15) is 0 Å². The third-order valence-corrected chi connectivity index (χ3v) is 4.70. The van der Waals surface area contributed by atoms with Crippen molar-refractivity contribution in [3.63, 3.8) is 0 Å². The van der Waals surface area contributed by atoms with Gasteiger partial charge in [-0.1, -0.05) is 58.1 Å². The van der Waals surface area contributed by atoms with Crippen molar-refractivity contribution in [2.24, 2.45) is 5.92 Å². The number of rotatable bonds is 9. The van der Waals surface area contributed by atoms with E-state index in [1.165, 1.54) is 50.5 Å². The average Bonchev–Trinajstić information content (AvgIpc) is 2.53. The van der Waals surface area contributed by atoms with Gasteiger partial charge < -0.3 is 10.1 Å². The summed E-state index contributed by atoms with van der Waals surface area (Å²) in [5.41, 5.74) is 1.34. The highest BCUT2D eigenvalue weighted by atomic mass is 16.5. The predicted octanol–water partition coefficient (Wildman–Crippen LogP) is 5.31. The summed E-state index contributed by atoms with van der Waals surface area (Å²) >= 11 is 0. The van der Waals surface area contributed by atoms with Gasteiger partial charge in [-0.25, -0.2) is 0 Å². The van der Waals surface area contributed by atoms with Gasteiger partial charge in [-0.15, -0.1) is 0 Å². The van der Waals surface area contributed by atoms with Crippen LogP contribution in [0, 0.1) is 5.92 Å². The summed E-state index contributed by atoms with van der Waals surface area (Å²) in [6, 6.07) is 9.28. The molecular formula is C20H33NO. The monoisotopic (exact) mass is 303 g/mol. The van der Waals surface area contributed by atoms with Gasteiger partial charge >= 0.3 is 0 Å². The molecule has 1 aromatic rings. The number of benzene rings is 1. The second-order valence-electron chi connectivity index (χ2n) is 6.91. The van der Waals surface area contributed by atoms with Gasteiger partial charge in [0, 0.05) is 12.6 Å². The molecule has 22 heavy (non-hydrogen) atoms. The minimum absolute atomic E-state index is 0.697. The molecule has 1 aromatic carbocycles. The van der Waals surface area contributed by atoms with E-state index in [1.54, 1.807) is 0 Å². The van der Waals surface area contributed by atoms with Crippen LogP contribution in [-0.2, 0) is 6.54 Å². The van der Waals surface area contributed by atoms with Crippen molar-refractivity contribution < 1.29 is 4.74 Å². The van der Waals surface area contributed by atoms with Gasteiger partial charge in [0.15, 0.2) is 0 Å². The molecule has 1 saturated carbocycles. The zero-order valence-corrected chi connectivity index (χ0v) is 14.4. The molecule has 0 heterocycles. The van der Waals surface area contributed by atoms with Gasteiger partial charge in [-0.3, -0.25) is 0 Å². The second-order valence-corrected chi connectivity index (χ2v) is 6.91. The quantitative estimate of drug-likeness (QED) is 0.624. The van der Waals surface area contributed by atoms with E-state index in [4.69, 9.17) is 4.74 Å². The molecule has 1 aliphatic carbocycles. The van der Waals surface area contributed by atoms with E-state index in [1.807, 2.05) is 0 Å². The number of hydrogen-bond donors (Lipinski definition) is 1. The van der Waals surface area contributed by atoms with Crippen LogP contribution in [0.5, 0.6) is 5.75 Å². The van der Waals surface area contributed by atoms with Crippen LogP contribution < -0.4 is 10.1 Å². The Labute approximate surface area is 136 Å². The maximum atomic E-state index is 5.87. The van der Waals surface area contributed by atoms with Crippen molar-refractivity contribution in [2.75, 3.05) is 6.61 Å². The second kappa shape index (κ2) is 9.89. The topological polar surface area (TPSA) is 21.3 Å². The third-order valence-electron chi connectivity index (χ3n) is 4.70. The molecule has 0 spiro atoms. The van der Waals surface area contributed by atoms with Crippen molar-refractivity contribution >= 4 is 0 Å². The minimum Gasteiger partial charge on any atom is -0.494 e. The van der Waals surface area contributed by atoms with Crippen LogP contribution in [0.3, 0.4) is 0 Å². The van der Waals surface area contributed by atoms with Crippen LogP contribution in [0.2, 0.25) is 0 Å². The fourth-order valence-electron chi connectivity index (χ4n) is 3.35. The molecule has 1 N–H and O–H groups in total. The van der Waals surface area contributed by atoms with Crippen molar-refractivity contribution in [1.29, 1.82) is 0 Å². The van der Waals surface area contributed by atoms with Crippen molar-refractivity contribution in [1.82, 2.24) is 5.32 Å². The van der Waals surface area contributed by atoms with Gasteiger partial charge in [0.1, 0.15) is 5.75 Å². The average molecular weight is 303 g/mol. The first-order valence-electron chi connectivity index (χ1n) is 9.23. The highest BCUT2D eigenvalue weighted by Gasteiger charge is 2.17. The molecule has 0 aliphatic heterocycles. The lowest BCUT2D eigenvalue weighted by Gasteiger charge is -2.27. The molecule has 2 unspecified atom stereocenters. The molecule has 1 aliphatic rings. The number of nitrogens with one attached hydrogen (secondary N) is 1. The molecular weight excluding hydrogens is 270 g/mol. The zero-order valence-electron chi connectivity index (χ0n) is 14.4. The van der Waals surface area contributed by atoms with E-state index in [0.29, 0.717) is 6.04 Å². The molecule has 2 nitrogen and oxygen atoms in total. The molecule has 1 fully saturated rings. The fourth-order valence-corrected chi connectivity index (χ4v) is 3.35. The largest absolute Gasteiger partial charge is 0.494 e. The van der Waals surface area contributed by atoms with E-state index in [9.17, 15) is 0 Å². The summed E-state index contributed by atoms with van der Waals surface area (Å²) < 4.78 is 5.87. The Morgan fingerprint density at radius 3 is 2.91 bits per heavy atom. The number of unbranched alkanes of at least 4 members (excludes halogenated alkanes) is 3. The summed E-state index contributed by atoms with van der Waals surface area (Å²) in [7, 11) is 0. The van der Waals surface area contributed by atoms with Gasteiger partial charge in [0.2, 0.25) is 0 Å². The van der Waals surface area contributed by atoms with Gasteiger partial charge in [-0.05, 0) is 42.9 Å². The van der Waals surface area contributed by atoms with Crippen LogP contribution in [0.15, 0.2) is 24.3 Å². The van der Waals surface area contributed by atoms with E-state index in [2.05, 4.69) is 43.4 Å². The SMILES string of the molecule is CCCCCCOc1cccc(CNC2CCCC(C)C2)c1. The third kappa shape index (κ3) is 6.39. The molecule has 0 bridgehead atoms. The Hall–Kier alpha value is -1.02. The molecule has 2 rings (SSSR count). The summed E-state index contributed by atoms with van der Waals surface area (Å²) in [6.07, 6.45) is 10.5. The molecule has 124 valence electrons. The van der Waals surface area contributed by atoms with Crippen LogP contribution >= 0.6 is 0 Å². The Morgan fingerprint density at radius 2 is 2.09 bits per heavy atom. The normalized spacial score (nSPS) is 21.7. The summed E-state index contributed by atoms with van der Waals surface area (Å²) in [5, 5.41) is 3.72. The minimum atomic E-state index is 0.697. The standard InChI is InChI=1S/C20H33NO/c1-3-4-5-6-13-22-20-12-8-10-18(15-20)16-21-19-11-7-9-17(2)14-19/h8,10,12,15,17,19,21H,3-7,9,11,13-14,16H2,1-2H3. The van der Waals surface area contributed by atoms with Gasteiger partial charge in [0.05, 0.1) is 6.61 Å². The molecule has 0 saturated heterocycles. The summed E-state index contributed by atoms with van der Waals surface area (Å²) in [6.45, 7) is 6.42.